The van der Waals surface area contributed by atoms with E-state index in [0.717, 1.165) is 5.69 Å². The molecule has 0 aliphatic heterocycles. The summed E-state index contributed by atoms with van der Waals surface area (Å²) in [6.45, 7) is 1.89. The fraction of sp³-hybridized carbons (Fsp3) is 0.417. The lowest BCUT2D eigenvalue weighted by atomic mass is 10.2. The molecule has 0 radical (unpaired) electrons. The zero-order valence-electron chi connectivity index (χ0n) is 10.3. The number of carbonyl (C=O) groups is 1. The van der Waals surface area contributed by atoms with E-state index in [-0.39, 0.29) is 18.4 Å². The minimum atomic E-state index is -0.328. The van der Waals surface area contributed by atoms with Gasteiger partial charge in [0.1, 0.15) is 0 Å². The maximum Gasteiger partial charge on any atom is 0.219 e. The fourth-order valence-corrected chi connectivity index (χ4v) is 1.56. The summed E-state index contributed by atoms with van der Waals surface area (Å²) in [6, 6.07) is 5.46. The molecule has 1 rings (SSSR count). The lowest BCUT2D eigenvalue weighted by molar-refractivity contribution is -0.118. The van der Waals surface area contributed by atoms with Gasteiger partial charge in [-0.15, -0.1) is 0 Å². The molecule has 1 aromatic carbocycles. The molecule has 0 heterocycles. The quantitative estimate of drug-likeness (QED) is 0.785. The largest absolute Gasteiger partial charge is 0.493 e. The molecule has 0 saturated heterocycles. The summed E-state index contributed by atoms with van der Waals surface area (Å²) in [5.41, 5.74) is 5.98. The molecular formula is C12H18N2O3. The van der Waals surface area contributed by atoms with E-state index in [2.05, 4.69) is 5.32 Å². The van der Waals surface area contributed by atoms with E-state index in [1.807, 2.05) is 19.1 Å². The number of primary amides is 1. The molecule has 1 unspecified atom stereocenters. The number of methoxy groups -OCH3 is 2. The highest BCUT2D eigenvalue weighted by atomic mass is 16.5. The number of amides is 1. The van der Waals surface area contributed by atoms with Crippen LogP contribution < -0.4 is 20.5 Å². The highest BCUT2D eigenvalue weighted by molar-refractivity contribution is 5.75. The van der Waals surface area contributed by atoms with Crippen LogP contribution in [0.2, 0.25) is 0 Å². The molecule has 0 fully saturated rings. The van der Waals surface area contributed by atoms with Gasteiger partial charge in [0.25, 0.3) is 0 Å². The minimum Gasteiger partial charge on any atom is -0.493 e. The van der Waals surface area contributed by atoms with Crippen LogP contribution in [0, 0.1) is 0 Å². The van der Waals surface area contributed by atoms with E-state index in [1.165, 1.54) is 0 Å². The monoisotopic (exact) mass is 238 g/mol. The first-order valence-electron chi connectivity index (χ1n) is 5.33. The summed E-state index contributed by atoms with van der Waals surface area (Å²) in [6.07, 6.45) is 0.286. The molecule has 3 N–H and O–H groups in total. The molecule has 1 amide bonds. The fourth-order valence-electron chi connectivity index (χ4n) is 1.56. The van der Waals surface area contributed by atoms with Crippen LogP contribution in [0.15, 0.2) is 18.2 Å². The van der Waals surface area contributed by atoms with Crippen molar-refractivity contribution in [2.45, 2.75) is 19.4 Å². The zero-order chi connectivity index (χ0) is 12.8. The molecule has 17 heavy (non-hydrogen) atoms. The molecule has 0 spiro atoms. The summed E-state index contributed by atoms with van der Waals surface area (Å²) in [4.78, 5) is 10.8. The second kappa shape index (κ2) is 5.98. The SMILES string of the molecule is COc1ccc(NC(C)CC(N)=O)cc1OC. The van der Waals surface area contributed by atoms with Crippen molar-refractivity contribution in [2.75, 3.05) is 19.5 Å². The number of nitrogens with one attached hydrogen (secondary N) is 1. The van der Waals surface area contributed by atoms with Crippen molar-refractivity contribution in [2.24, 2.45) is 5.73 Å². The van der Waals surface area contributed by atoms with Gasteiger partial charge >= 0.3 is 0 Å². The highest BCUT2D eigenvalue weighted by Crippen LogP contribution is 2.30. The Morgan fingerprint density at radius 1 is 1.35 bits per heavy atom. The highest BCUT2D eigenvalue weighted by Gasteiger charge is 2.08. The van der Waals surface area contributed by atoms with Gasteiger partial charge in [-0.05, 0) is 19.1 Å². The molecular weight excluding hydrogens is 220 g/mol. The zero-order valence-corrected chi connectivity index (χ0v) is 10.3. The first-order valence-corrected chi connectivity index (χ1v) is 5.33. The van der Waals surface area contributed by atoms with Crippen molar-refractivity contribution in [1.82, 2.24) is 0 Å². The summed E-state index contributed by atoms with van der Waals surface area (Å²) >= 11 is 0. The number of nitrogens with two attached hydrogens (primary N) is 1. The Hall–Kier alpha value is -1.91. The molecule has 94 valence electrons. The Kier molecular flexibility index (Phi) is 4.63. The number of rotatable bonds is 6. The molecule has 0 aliphatic carbocycles. The van der Waals surface area contributed by atoms with Crippen molar-refractivity contribution < 1.29 is 14.3 Å². The molecule has 5 heteroatoms. The van der Waals surface area contributed by atoms with E-state index in [4.69, 9.17) is 15.2 Å². The van der Waals surface area contributed by atoms with Gasteiger partial charge in [0.05, 0.1) is 14.2 Å². The van der Waals surface area contributed by atoms with Crippen molar-refractivity contribution in [3.05, 3.63) is 18.2 Å². The Balaban J connectivity index is 2.75. The molecule has 0 aromatic heterocycles. The number of benzene rings is 1. The van der Waals surface area contributed by atoms with Crippen molar-refractivity contribution in [3.63, 3.8) is 0 Å². The number of carbonyl (C=O) groups excluding carboxylic acids is 1. The molecule has 0 aliphatic rings. The van der Waals surface area contributed by atoms with Crippen LogP contribution in [0.1, 0.15) is 13.3 Å². The van der Waals surface area contributed by atoms with Gasteiger partial charge in [-0.1, -0.05) is 0 Å². The van der Waals surface area contributed by atoms with Crippen LogP contribution >= 0.6 is 0 Å². The van der Waals surface area contributed by atoms with Crippen LogP contribution in [0.4, 0.5) is 5.69 Å². The van der Waals surface area contributed by atoms with Gasteiger partial charge in [0, 0.05) is 24.2 Å². The second-order valence-corrected chi connectivity index (χ2v) is 3.79. The van der Waals surface area contributed by atoms with Crippen molar-refractivity contribution in [1.29, 1.82) is 0 Å². The second-order valence-electron chi connectivity index (χ2n) is 3.79. The van der Waals surface area contributed by atoms with Crippen LogP contribution in [-0.4, -0.2) is 26.2 Å². The molecule has 0 bridgehead atoms. The van der Waals surface area contributed by atoms with E-state index < -0.39 is 0 Å². The predicted molar refractivity (Wildman–Crippen MR) is 66.4 cm³/mol. The summed E-state index contributed by atoms with van der Waals surface area (Å²) in [5, 5.41) is 3.16. The first kappa shape index (κ1) is 13.2. The standard InChI is InChI=1S/C12H18N2O3/c1-8(6-12(13)15)14-9-4-5-10(16-2)11(7-9)17-3/h4-5,7-8,14H,6H2,1-3H3,(H2,13,15). The first-order chi connectivity index (χ1) is 8.06. The summed E-state index contributed by atoms with van der Waals surface area (Å²) < 4.78 is 10.3. The van der Waals surface area contributed by atoms with Gasteiger partial charge in [-0.3, -0.25) is 4.79 Å². The van der Waals surface area contributed by atoms with E-state index in [9.17, 15) is 4.79 Å². The van der Waals surface area contributed by atoms with Gasteiger partial charge < -0.3 is 20.5 Å². The maximum absolute atomic E-state index is 10.8. The van der Waals surface area contributed by atoms with Crippen LogP contribution in [0.3, 0.4) is 0 Å². The van der Waals surface area contributed by atoms with E-state index >= 15 is 0 Å². The average Bonchev–Trinajstić information content (AvgIpc) is 2.27. The number of hydrogen-bond donors (Lipinski definition) is 2. The maximum atomic E-state index is 10.8. The van der Waals surface area contributed by atoms with Crippen LogP contribution in [0.25, 0.3) is 0 Å². The minimum absolute atomic E-state index is 0.0226. The van der Waals surface area contributed by atoms with E-state index in [0.29, 0.717) is 11.5 Å². The van der Waals surface area contributed by atoms with Gasteiger partial charge in [-0.25, -0.2) is 0 Å². The van der Waals surface area contributed by atoms with Gasteiger partial charge in [0.2, 0.25) is 5.91 Å². The predicted octanol–water partition coefficient (Wildman–Crippen LogP) is 1.38. The summed E-state index contributed by atoms with van der Waals surface area (Å²) in [7, 11) is 3.16. The Morgan fingerprint density at radius 2 is 2.00 bits per heavy atom. The lowest BCUT2D eigenvalue weighted by Gasteiger charge is -2.15. The van der Waals surface area contributed by atoms with Crippen LogP contribution in [-0.2, 0) is 4.79 Å². The molecule has 0 saturated carbocycles. The summed E-state index contributed by atoms with van der Waals surface area (Å²) in [5.74, 6) is 0.981. The Bertz CT molecular complexity index is 393. The number of hydrogen-bond acceptors (Lipinski definition) is 4. The van der Waals surface area contributed by atoms with Gasteiger partial charge in [0.15, 0.2) is 11.5 Å². The topological polar surface area (TPSA) is 73.6 Å². The third-order valence-corrected chi connectivity index (χ3v) is 2.30. The van der Waals surface area contributed by atoms with Gasteiger partial charge in [-0.2, -0.15) is 0 Å². The molecule has 5 nitrogen and oxygen atoms in total. The Labute approximate surface area is 101 Å². The van der Waals surface area contributed by atoms with Crippen molar-refractivity contribution >= 4 is 11.6 Å². The van der Waals surface area contributed by atoms with Crippen LogP contribution in [0.5, 0.6) is 11.5 Å². The lowest BCUT2D eigenvalue weighted by Crippen LogP contribution is -2.23. The Morgan fingerprint density at radius 3 is 2.53 bits per heavy atom. The molecule has 1 atom stereocenters. The number of ether oxygens (including phenoxy) is 2. The molecule has 1 aromatic rings. The normalized spacial score (nSPS) is 11.7. The average molecular weight is 238 g/mol. The number of anilines is 1. The smallest absolute Gasteiger partial charge is 0.219 e. The van der Waals surface area contributed by atoms with Crippen molar-refractivity contribution in [3.8, 4) is 11.5 Å². The van der Waals surface area contributed by atoms with E-state index in [1.54, 1.807) is 20.3 Å². The third-order valence-electron chi connectivity index (χ3n) is 2.30. The third kappa shape index (κ3) is 3.86.